The van der Waals surface area contributed by atoms with Crippen molar-refractivity contribution in [2.45, 2.75) is 0 Å². The molecule has 0 atom stereocenters. The summed E-state index contributed by atoms with van der Waals surface area (Å²) in [5, 5.41) is 8.13. The van der Waals surface area contributed by atoms with Gasteiger partial charge in [-0.3, -0.25) is 0 Å². The van der Waals surface area contributed by atoms with E-state index in [0.29, 0.717) is 26.2 Å². The Morgan fingerprint density at radius 1 is 0.842 bits per heavy atom. The summed E-state index contributed by atoms with van der Waals surface area (Å²) >= 11 is 0. The third-order valence-electron chi connectivity index (χ3n) is 1.81. The number of ether oxygens (including phenoxy) is 2. The summed E-state index contributed by atoms with van der Waals surface area (Å²) in [5.41, 5.74) is 0. The highest BCUT2D eigenvalue weighted by molar-refractivity contribution is 5.67. The van der Waals surface area contributed by atoms with Crippen molar-refractivity contribution in [2.75, 3.05) is 39.4 Å². The molecule has 0 aromatic heterocycles. The molecular weight excluding hydrogens is 250 g/mol. The predicted octanol–water partition coefficient (Wildman–Crippen LogP) is 0.400. The zero-order valence-corrected chi connectivity index (χ0v) is 10.9. The minimum atomic E-state index is -0.479. The average Bonchev–Trinajstić information content (AvgIpc) is 2.41. The molecule has 0 saturated carbocycles. The molecule has 0 aliphatic heterocycles. The van der Waals surface area contributed by atoms with Crippen LogP contribution >= 0.6 is 0 Å². The van der Waals surface area contributed by atoms with Gasteiger partial charge in [-0.2, -0.15) is 0 Å². The van der Waals surface area contributed by atoms with Gasteiger partial charge in [-0.05, 0) is 0 Å². The zero-order chi connectivity index (χ0) is 14.3. The number of hydrogen-bond donors (Lipinski definition) is 3. The van der Waals surface area contributed by atoms with E-state index in [2.05, 4.69) is 29.1 Å². The topological polar surface area (TPSA) is 88.7 Å². The van der Waals surface area contributed by atoms with Crippen molar-refractivity contribution in [1.29, 1.82) is 0 Å². The molecule has 7 nitrogen and oxygen atoms in total. The molecule has 2 amide bonds. The summed E-state index contributed by atoms with van der Waals surface area (Å²) < 4.78 is 9.42. The summed E-state index contributed by atoms with van der Waals surface area (Å²) in [6.07, 6.45) is 2.03. The molecule has 0 aromatic rings. The maximum absolute atomic E-state index is 11.0. The van der Waals surface area contributed by atoms with Crippen molar-refractivity contribution in [3.63, 3.8) is 0 Å². The molecule has 7 heteroatoms. The number of carbonyl (C=O) groups excluding carboxylic acids is 2. The molecule has 0 bridgehead atoms. The van der Waals surface area contributed by atoms with E-state index in [4.69, 9.17) is 9.47 Å². The van der Waals surface area contributed by atoms with Crippen LogP contribution in [0, 0.1) is 0 Å². The number of alkyl carbamates (subject to hydrolysis) is 2. The van der Waals surface area contributed by atoms with E-state index in [-0.39, 0.29) is 13.2 Å². The third-order valence-corrected chi connectivity index (χ3v) is 1.81. The highest BCUT2D eigenvalue weighted by Gasteiger charge is 1.99. The zero-order valence-electron chi connectivity index (χ0n) is 10.9. The average molecular weight is 271 g/mol. The first kappa shape index (κ1) is 17.0. The Kier molecular flexibility index (Phi) is 11.1. The summed E-state index contributed by atoms with van der Waals surface area (Å²) in [6, 6.07) is 0. The lowest BCUT2D eigenvalue weighted by Crippen LogP contribution is -2.36. The number of nitrogens with one attached hydrogen (secondary N) is 3. The fourth-order valence-electron chi connectivity index (χ4n) is 1.00. The van der Waals surface area contributed by atoms with Gasteiger partial charge in [-0.1, -0.05) is 25.3 Å². The van der Waals surface area contributed by atoms with Crippen LogP contribution in [0.15, 0.2) is 25.3 Å². The van der Waals surface area contributed by atoms with Gasteiger partial charge in [0, 0.05) is 26.2 Å². The maximum Gasteiger partial charge on any atom is 0.407 e. The molecule has 0 saturated heterocycles. The van der Waals surface area contributed by atoms with E-state index in [9.17, 15) is 9.59 Å². The van der Waals surface area contributed by atoms with Gasteiger partial charge in [0.25, 0.3) is 0 Å². The first-order valence-corrected chi connectivity index (χ1v) is 5.94. The van der Waals surface area contributed by atoms with Crippen molar-refractivity contribution in [2.24, 2.45) is 0 Å². The molecule has 0 spiro atoms. The highest BCUT2D eigenvalue weighted by atomic mass is 16.6. The molecule has 0 radical (unpaired) electrons. The first-order chi connectivity index (χ1) is 9.20. The van der Waals surface area contributed by atoms with Gasteiger partial charge in [0.2, 0.25) is 0 Å². The second kappa shape index (κ2) is 12.4. The molecule has 19 heavy (non-hydrogen) atoms. The second-order valence-electron chi connectivity index (χ2n) is 3.38. The van der Waals surface area contributed by atoms with Crippen LogP contribution in [0.1, 0.15) is 0 Å². The molecule has 0 fully saturated rings. The molecule has 0 aliphatic carbocycles. The second-order valence-corrected chi connectivity index (χ2v) is 3.38. The lowest BCUT2D eigenvalue weighted by molar-refractivity contribution is 0.158. The predicted molar refractivity (Wildman–Crippen MR) is 72.0 cm³/mol. The summed E-state index contributed by atoms with van der Waals surface area (Å²) in [5.74, 6) is 0. The highest BCUT2D eigenvalue weighted by Crippen LogP contribution is 1.78. The van der Waals surface area contributed by atoms with Gasteiger partial charge >= 0.3 is 12.2 Å². The molecule has 108 valence electrons. The van der Waals surface area contributed by atoms with E-state index in [1.165, 1.54) is 12.2 Å². The van der Waals surface area contributed by atoms with Crippen molar-refractivity contribution in [1.82, 2.24) is 16.0 Å². The van der Waals surface area contributed by atoms with Gasteiger partial charge in [-0.25, -0.2) is 9.59 Å². The Bertz CT molecular complexity index is 267. The van der Waals surface area contributed by atoms with Crippen LogP contribution in [0.3, 0.4) is 0 Å². The van der Waals surface area contributed by atoms with Crippen LogP contribution in [0.4, 0.5) is 9.59 Å². The Morgan fingerprint density at radius 2 is 1.26 bits per heavy atom. The quantitative estimate of drug-likeness (QED) is 0.395. The van der Waals surface area contributed by atoms with Crippen molar-refractivity contribution in [3.05, 3.63) is 25.3 Å². The van der Waals surface area contributed by atoms with Gasteiger partial charge in [-0.15, -0.1) is 0 Å². The number of amides is 2. The molecule has 0 rings (SSSR count). The van der Waals surface area contributed by atoms with Gasteiger partial charge in [0.05, 0.1) is 0 Å². The lowest BCUT2D eigenvalue weighted by Gasteiger charge is -2.08. The SMILES string of the molecule is C=CCOC(=O)NCCNCCNC(=O)OCC=C. The minimum Gasteiger partial charge on any atom is -0.445 e. The lowest BCUT2D eigenvalue weighted by atomic mass is 10.5. The Morgan fingerprint density at radius 3 is 1.63 bits per heavy atom. The van der Waals surface area contributed by atoms with Crippen molar-refractivity contribution in [3.8, 4) is 0 Å². The number of carbonyl (C=O) groups is 2. The molecular formula is C12H21N3O4. The molecule has 0 aromatic carbocycles. The minimum absolute atomic E-state index is 0.190. The van der Waals surface area contributed by atoms with Crippen LogP contribution in [0.2, 0.25) is 0 Å². The van der Waals surface area contributed by atoms with E-state index in [0.717, 1.165) is 0 Å². The largest absolute Gasteiger partial charge is 0.445 e. The standard InChI is InChI=1S/C12H21N3O4/c1-3-9-18-11(16)14-7-5-13-6-8-15-12(17)19-10-4-2/h3-4,13H,1-2,5-10H2,(H,14,16)(H,15,17). The normalized spacial score (nSPS) is 9.26. The molecule has 0 aliphatic rings. The van der Waals surface area contributed by atoms with E-state index in [1.807, 2.05) is 0 Å². The van der Waals surface area contributed by atoms with Crippen LogP contribution in [0.25, 0.3) is 0 Å². The van der Waals surface area contributed by atoms with E-state index < -0.39 is 12.2 Å². The Hall–Kier alpha value is -2.02. The van der Waals surface area contributed by atoms with Crippen LogP contribution in [-0.2, 0) is 9.47 Å². The molecule has 0 heterocycles. The van der Waals surface area contributed by atoms with Crippen LogP contribution in [0.5, 0.6) is 0 Å². The van der Waals surface area contributed by atoms with Gasteiger partial charge in [0.1, 0.15) is 13.2 Å². The smallest absolute Gasteiger partial charge is 0.407 e. The van der Waals surface area contributed by atoms with E-state index in [1.54, 1.807) is 0 Å². The monoisotopic (exact) mass is 271 g/mol. The van der Waals surface area contributed by atoms with Crippen molar-refractivity contribution >= 4 is 12.2 Å². The van der Waals surface area contributed by atoms with Crippen molar-refractivity contribution < 1.29 is 19.1 Å². The van der Waals surface area contributed by atoms with Gasteiger partial charge < -0.3 is 25.4 Å². The molecule has 3 N–H and O–H groups in total. The first-order valence-electron chi connectivity index (χ1n) is 5.94. The van der Waals surface area contributed by atoms with E-state index >= 15 is 0 Å². The summed E-state index contributed by atoms with van der Waals surface area (Å²) in [7, 11) is 0. The fraction of sp³-hybridized carbons (Fsp3) is 0.500. The Balaban J connectivity index is 3.26. The van der Waals surface area contributed by atoms with Crippen LogP contribution < -0.4 is 16.0 Å². The summed E-state index contributed by atoms with van der Waals surface area (Å²) in [4.78, 5) is 22.0. The number of rotatable bonds is 10. The fourth-order valence-corrected chi connectivity index (χ4v) is 1.00. The van der Waals surface area contributed by atoms with Crippen LogP contribution in [-0.4, -0.2) is 51.6 Å². The number of hydrogen-bond acceptors (Lipinski definition) is 5. The summed E-state index contributed by atoms with van der Waals surface area (Å²) in [6.45, 7) is 9.27. The Labute approximate surface area is 113 Å². The van der Waals surface area contributed by atoms with Gasteiger partial charge in [0.15, 0.2) is 0 Å². The maximum atomic E-state index is 11.0. The molecule has 0 unspecified atom stereocenters. The third kappa shape index (κ3) is 12.2.